The molecule has 9 aromatic rings. The molecule has 2 aliphatic carbocycles. The van der Waals surface area contributed by atoms with Crippen molar-refractivity contribution in [3.05, 3.63) is 217 Å². The molecule has 0 aromatic heterocycles. The molecule has 0 atom stereocenters. The molecule has 0 N–H and O–H groups in total. The summed E-state index contributed by atoms with van der Waals surface area (Å²) in [6.07, 6.45) is 6.59. The van der Waals surface area contributed by atoms with E-state index in [9.17, 15) is 0 Å². The summed E-state index contributed by atoms with van der Waals surface area (Å²) in [5, 5.41) is 4.85. The molecule has 61 heavy (non-hydrogen) atoms. The zero-order chi connectivity index (χ0) is 40.9. The van der Waals surface area contributed by atoms with E-state index in [4.69, 9.17) is 0 Å². The first-order valence-electron chi connectivity index (χ1n) is 22.1. The highest BCUT2D eigenvalue weighted by atomic mass is 15.2. The Morgan fingerprint density at radius 2 is 1.00 bits per heavy atom. The molecule has 0 heterocycles. The number of anilines is 6. The Hall–Kier alpha value is -6.90. The molecule has 0 bridgehead atoms. The molecule has 2 aliphatic rings. The number of fused-ring (bicyclic) bond motifs is 5. The van der Waals surface area contributed by atoms with Crippen LogP contribution >= 0.6 is 0 Å². The second-order valence-electron chi connectivity index (χ2n) is 17.6. The van der Waals surface area contributed by atoms with Gasteiger partial charge in [0.05, 0.1) is 11.4 Å². The molecule has 0 radical (unpaired) electrons. The Labute approximate surface area is 360 Å². The predicted molar refractivity (Wildman–Crippen MR) is 260 cm³/mol. The molecule has 296 valence electrons. The standard InChI is InChI=1S/C59H50N2/c1-59(2)55-29-14-13-28-52(55)53-36-35-50(40-56(53)59)60(47-33-31-42(32-34-47)41-17-5-3-6-18-41)48-25-16-26-49(39-48)61(57-30-15-24-43-21-11-12-27-51(43)57)58-38-46-23-10-9-22-45(46)37-54(58)44-19-7-4-8-20-44/h4,7-16,19-41H,3,5-6,17-18H2,1-2H3. The van der Waals surface area contributed by atoms with Crippen molar-refractivity contribution in [2.45, 2.75) is 57.3 Å². The monoisotopic (exact) mass is 786 g/mol. The van der Waals surface area contributed by atoms with Gasteiger partial charge in [0.1, 0.15) is 0 Å². The normalized spacial score (nSPS) is 14.5. The molecule has 2 nitrogen and oxygen atoms in total. The average Bonchev–Trinajstić information content (AvgIpc) is 3.55. The quantitative estimate of drug-likeness (QED) is 0.151. The van der Waals surface area contributed by atoms with Gasteiger partial charge in [-0.1, -0.05) is 173 Å². The van der Waals surface area contributed by atoms with Crippen LogP contribution in [0.3, 0.4) is 0 Å². The second kappa shape index (κ2) is 15.3. The first-order chi connectivity index (χ1) is 30.0. The largest absolute Gasteiger partial charge is 0.310 e. The fraction of sp³-hybridized carbons (Fsp3) is 0.153. The summed E-state index contributed by atoms with van der Waals surface area (Å²) >= 11 is 0. The van der Waals surface area contributed by atoms with E-state index >= 15 is 0 Å². The summed E-state index contributed by atoms with van der Waals surface area (Å²) in [6, 6.07) is 74.6. The maximum Gasteiger partial charge on any atom is 0.0546 e. The molecule has 2 heteroatoms. The van der Waals surface area contributed by atoms with Crippen LogP contribution < -0.4 is 9.80 Å². The van der Waals surface area contributed by atoms with Crippen LogP contribution in [0.5, 0.6) is 0 Å². The van der Waals surface area contributed by atoms with Crippen molar-refractivity contribution in [1.82, 2.24) is 0 Å². The number of benzene rings is 9. The number of rotatable bonds is 8. The highest BCUT2D eigenvalue weighted by Crippen LogP contribution is 2.52. The van der Waals surface area contributed by atoms with Crippen molar-refractivity contribution in [3.63, 3.8) is 0 Å². The smallest absolute Gasteiger partial charge is 0.0546 e. The van der Waals surface area contributed by atoms with Crippen molar-refractivity contribution in [2.24, 2.45) is 0 Å². The van der Waals surface area contributed by atoms with Gasteiger partial charge in [-0.2, -0.15) is 0 Å². The summed E-state index contributed by atoms with van der Waals surface area (Å²) in [7, 11) is 0. The van der Waals surface area contributed by atoms with E-state index in [1.165, 1.54) is 92.6 Å². The van der Waals surface area contributed by atoms with Gasteiger partial charge < -0.3 is 9.80 Å². The lowest BCUT2D eigenvalue weighted by Crippen LogP contribution is -2.17. The van der Waals surface area contributed by atoms with Crippen molar-refractivity contribution < 1.29 is 0 Å². The summed E-state index contributed by atoms with van der Waals surface area (Å²) in [4.78, 5) is 4.97. The van der Waals surface area contributed by atoms with Gasteiger partial charge in [-0.15, -0.1) is 0 Å². The molecule has 0 amide bonds. The van der Waals surface area contributed by atoms with Gasteiger partial charge in [0.2, 0.25) is 0 Å². The van der Waals surface area contributed by atoms with Gasteiger partial charge in [0, 0.05) is 39.1 Å². The van der Waals surface area contributed by atoms with Gasteiger partial charge >= 0.3 is 0 Å². The molecule has 9 aromatic carbocycles. The van der Waals surface area contributed by atoms with E-state index in [1.807, 2.05) is 0 Å². The first-order valence-corrected chi connectivity index (χ1v) is 22.1. The Morgan fingerprint density at radius 3 is 1.80 bits per heavy atom. The second-order valence-corrected chi connectivity index (χ2v) is 17.6. The van der Waals surface area contributed by atoms with Crippen LogP contribution in [-0.4, -0.2) is 0 Å². The molecule has 0 unspecified atom stereocenters. The molecule has 1 saturated carbocycles. The topological polar surface area (TPSA) is 6.48 Å². The Balaban J connectivity index is 1.12. The van der Waals surface area contributed by atoms with Crippen LogP contribution in [0.25, 0.3) is 43.8 Å². The molecular formula is C59H50N2. The van der Waals surface area contributed by atoms with E-state index in [2.05, 4.69) is 224 Å². The molecule has 0 spiro atoms. The SMILES string of the molecule is CC1(C)c2ccccc2-c2ccc(N(c3ccc(C4CCCCC4)cc3)c3cccc(N(c4cc5ccccc5cc4-c4ccccc4)c4cccc5ccccc45)c3)cc21. The summed E-state index contributed by atoms with van der Waals surface area (Å²) in [6.45, 7) is 4.75. The third-order valence-corrected chi connectivity index (χ3v) is 13.6. The summed E-state index contributed by atoms with van der Waals surface area (Å²) < 4.78 is 0. The van der Waals surface area contributed by atoms with Crippen LogP contribution in [0, 0.1) is 0 Å². The Kier molecular flexibility index (Phi) is 9.30. The van der Waals surface area contributed by atoms with Crippen molar-refractivity contribution >= 4 is 55.7 Å². The Morgan fingerprint density at radius 1 is 0.393 bits per heavy atom. The lowest BCUT2D eigenvalue weighted by atomic mass is 9.82. The zero-order valence-electron chi connectivity index (χ0n) is 35.1. The number of hydrogen-bond acceptors (Lipinski definition) is 2. The first kappa shape index (κ1) is 37.1. The molecule has 1 fully saturated rings. The minimum atomic E-state index is -0.116. The number of nitrogens with zero attached hydrogens (tertiary/aromatic N) is 2. The Bertz CT molecular complexity index is 3040. The highest BCUT2D eigenvalue weighted by molar-refractivity contribution is 6.04. The van der Waals surface area contributed by atoms with Crippen molar-refractivity contribution in [2.75, 3.05) is 9.80 Å². The summed E-state index contributed by atoms with van der Waals surface area (Å²) in [5.41, 5.74) is 16.0. The van der Waals surface area contributed by atoms with Crippen LogP contribution in [0.2, 0.25) is 0 Å². The molecule has 0 saturated heterocycles. The van der Waals surface area contributed by atoms with Gasteiger partial charge in [-0.3, -0.25) is 0 Å². The fourth-order valence-corrected chi connectivity index (χ4v) is 10.5. The van der Waals surface area contributed by atoms with Gasteiger partial charge in [-0.25, -0.2) is 0 Å². The van der Waals surface area contributed by atoms with Crippen molar-refractivity contribution in [1.29, 1.82) is 0 Å². The summed E-state index contributed by atoms with van der Waals surface area (Å²) in [5.74, 6) is 0.647. The van der Waals surface area contributed by atoms with Crippen LogP contribution in [0.4, 0.5) is 34.1 Å². The van der Waals surface area contributed by atoms with E-state index in [0.29, 0.717) is 5.92 Å². The molecule has 11 rings (SSSR count). The predicted octanol–water partition coefficient (Wildman–Crippen LogP) is 17.0. The average molecular weight is 787 g/mol. The van der Waals surface area contributed by atoms with Gasteiger partial charge in [0.15, 0.2) is 0 Å². The van der Waals surface area contributed by atoms with Crippen LogP contribution in [0.15, 0.2) is 200 Å². The zero-order valence-corrected chi connectivity index (χ0v) is 35.1. The molecular weight excluding hydrogens is 737 g/mol. The molecule has 0 aliphatic heterocycles. The van der Waals surface area contributed by atoms with Gasteiger partial charge in [0.25, 0.3) is 0 Å². The minimum absolute atomic E-state index is 0.116. The van der Waals surface area contributed by atoms with Gasteiger partial charge in [-0.05, 0) is 129 Å². The van der Waals surface area contributed by atoms with E-state index < -0.39 is 0 Å². The third kappa shape index (κ3) is 6.59. The van der Waals surface area contributed by atoms with Crippen LogP contribution in [0.1, 0.15) is 68.6 Å². The maximum absolute atomic E-state index is 2.49. The highest BCUT2D eigenvalue weighted by Gasteiger charge is 2.36. The van der Waals surface area contributed by atoms with E-state index in [0.717, 1.165) is 34.1 Å². The third-order valence-electron chi connectivity index (χ3n) is 13.6. The maximum atomic E-state index is 2.49. The fourth-order valence-electron chi connectivity index (χ4n) is 10.5. The van der Waals surface area contributed by atoms with E-state index in [-0.39, 0.29) is 5.41 Å². The lowest BCUT2D eigenvalue weighted by Gasteiger charge is -2.32. The van der Waals surface area contributed by atoms with Crippen molar-refractivity contribution in [3.8, 4) is 22.3 Å². The minimum Gasteiger partial charge on any atom is -0.310 e. The van der Waals surface area contributed by atoms with Crippen LogP contribution in [-0.2, 0) is 5.41 Å². The number of hydrogen-bond donors (Lipinski definition) is 0. The lowest BCUT2D eigenvalue weighted by molar-refractivity contribution is 0.443. The van der Waals surface area contributed by atoms with E-state index in [1.54, 1.807) is 0 Å².